The van der Waals surface area contributed by atoms with E-state index < -0.39 is 67.3 Å². The van der Waals surface area contributed by atoms with Crippen molar-refractivity contribution in [3.63, 3.8) is 0 Å². The Morgan fingerprint density at radius 3 is 1.15 bits per heavy atom. The van der Waals surface area contributed by atoms with Gasteiger partial charge in [0, 0.05) is 19.3 Å². The van der Waals surface area contributed by atoms with Gasteiger partial charge in [-0.15, -0.1) is 0 Å². The summed E-state index contributed by atoms with van der Waals surface area (Å²) in [7, 11) is 0. The summed E-state index contributed by atoms with van der Waals surface area (Å²) >= 11 is 0. The number of aliphatic carboxylic acids is 1. The lowest BCUT2D eigenvalue weighted by Crippen LogP contribution is -2.61. The highest BCUT2D eigenvalue weighted by atomic mass is 16.7. The molecule has 472 valence electrons. The van der Waals surface area contributed by atoms with Crippen LogP contribution < -0.4 is 0 Å². The molecule has 85 heavy (non-hydrogen) atoms. The fourth-order valence-corrected chi connectivity index (χ4v) is 8.24. The first kappa shape index (κ1) is 76.8. The van der Waals surface area contributed by atoms with Gasteiger partial charge in [-0.1, -0.05) is 229 Å². The molecule has 0 radical (unpaired) electrons. The van der Waals surface area contributed by atoms with E-state index in [0.717, 1.165) is 128 Å². The van der Waals surface area contributed by atoms with Crippen molar-refractivity contribution in [1.82, 2.24) is 0 Å². The molecule has 1 aliphatic rings. The lowest BCUT2D eigenvalue weighted by molar-refractivity contribution is -0.301. The third-order valence-corrected chi connectivity index (χ3v) is 13.0. The van der Waals surface area contributed by atoms with Gasteiger partial charge in [0.1, 0.15) is 18.8 Å². The van der Waals surface area contributed by atoms with E-state index in [1.807, 2.05) is 24.3 Å². The Labute approximate surface area is 512 Å². The van der Waals surface area contributed by atoms with Crippen molar-refractivity contribution in [2.45, 2.75) is 237 Å². The summed E-state index contributed by atoms with van der Waals surface area (Å²) in [5.74, 6) is -3.36. The van der Waals surface area contributed by atoms with Crippen LogP contribution in [0.3, 0.4) is 0 Å². The highest BCUT2D eigenvalue weighted by Gasteiger charge is 2.50. The topological polar surface area (TPSA) is 175 Å². The number of rotatable bonds is 51. The zero-order chi connectivity index (χ0) is 61.7. The van der Waals surface area contributed by atoms with E-state index in [9.17, 15) is 34.5 Å². The number of carboxylic acids is 1. The average Bonchev–Trinajstić information content (AvgIpc) is 3.46. The highest BCUT2D eigenvalue weighted by molar-refractivity contribution is 5.74. The predicted octanol–water partition coefficient (Wildman–Crippen LogP) is 17.2. The maximum atomic E-state index is 13.2. The van der Waals surface area contributed by atoms with Crippen molar-refractivity contribution in [3.8, 4) is 0 Å². The number of allylic oxidation sites excluding steroid dienone is 30. The van der Waals surface area contributed by atoms with Crippen LogP contribution in [0.1, 0.15) is 201 Å². The first-order valence-corrected chi connectivity index (χ1v) is 31.8. The van der Waals surface area contributed by atoms with Crippen LogP contribution in [0, 0.1) is 0 Å². The van der Waals surface area contributed by atoms with Gasteiger partial charge in [0.15, 0.2) is 24.6 Å². The molecule has 0 aromatic rings. The van der Waals surface area contributed by atoms with Gasteiger partial charge in [-0.25, -0.2) is 4.79 Å². The molecule has 12 heteroatoms. The largest absolute Gasteiger partial charge is 0.479 e. The van der Waals surface area contributed by atoms with Gasteiger partial charge >= 0.3 is 23.9 Å². The molecular weight excluding hydrogens is 1070 g/mol. The molecule has 1 rings (SSSR count). The fourth-order valence-electron chi connectivity index (χ4n) is 8.24. The average molecular weight is 1180 g/mol. The first-order valence-electron chi connectivity index (χ1n) is 31.8. The minimum absolute atomic E-state index is 0.0382. The van der Waals surface area contributed by atoms with Gasteiger partial charge in [-0.3, -0.25) is 14.4 Å². The fraction of sp³-hybridized carbons (Fsp3) is 0.534. The summed E-state index contributed by atoms with van der Waals surface area (Å²) in [6.45, 7) is 5.54. The maximum Gasteiger partial charge on any atom is 0.335 e. The predicted molar refractivity (Wildman–Crippen MR) is 348 cm³/mol. The number of carboxylic acid groups (broad SMARTS) is 1. The molecule has 1 fully saturated rings. The lowest BCUT2D eigenvalue weighted by atomic mass is 9.98. The standard InChI is InChI=1S/C73H108O12/c1-4-7-10-13-16-19-22-25-28-31-33-36-38-41-44-47-50-53-56-59-65(74)81-62-64(83-66(75)60-57-54-51-48-45-42-40-37-34-32-29-26-23-20-17-14-11-8-5-2)63-82-73-71(69(78)68(77)70(85-73)72(79)80)84-67(76)61-58-55-52-49-46-43-39-35-30-27-24-21-18-15-12-9-6-3/h7-12,16-21,25-30,33-34,36-37,39,41,43-44,49-50,52-53,64,68-71,73,77-78H,4-6,13-15,22-24,31-32,35,38,40,42,45-48,51,54-63H2,1-3H3,(H,79,80)/b10-7-,11-8-,12-9-,19-16-,20-17-,21-18-,28-25-,29-26-,30-27-,36-33-,37-34-,43-39-,44-41-,52-49-,53-50-. The normalized spacial score (nSPS) is 18.7. The number of aliphatic hydroxyl groups is 2. The Morgan fingerprint density at radius 2 is 0.741 bits per heavy atom. The summed E-state index contributed by atoms with van der Waals surface area (Å²) in [6, 6.07) is 0. The lowest BCUT2D eigenvalue weighted by Gasteiger charge is -2.40. The first-order chi connectivity index (χ1) is 41.6. The van der Waals surface area contributed by atoms with Crippen LogP contribution in [0.2, 0.25) is 0 Å². The third kappa shape index (κ3) is 47.7. The van der Waals surface area contributed by atoms with Crippen LogP contribution >= 0.6 is 0 Å². The van der Waals surface area contributed by atoms with E-state index in [4.69, 9.17) is 23.7 Å². The SMILES string of the molecule is CC/C=C\C/C=C\C/C=C\C/C=C\C/C=C\C/C=C\CCC(=O)OCC(COC1OC(C(=O)O)C(O)C(O)C1OC(=O)CCC/C=C\C/C=C\C/C=C\C/C=C\C/C=C\CC)OC(=O)CCCCCCCC/C=C\C/C=C\C/C=C\C/C=C\CC. The van der Waals surface area contributed by atoms with Crippen LogP contribution in [-0.4, -0.2) is 89.2 Å². The number of hydrogen-bond acceptors (Lipinski definition) is 11. The Balaban J connectivity index is 2.78. The molecule has 0 saturated carbocycles. The molecule has 1 aliphatic heterocycles. The van der Waals surface area contributed by atoms with Crippen LogP contribution in [0.4, 0.5) is 0 Å². The molecular formula is C73H108O12. The molecule has 0 bridgehead atoms. The van der Waals surface area contributed by atoms with E-state index in [2.05, 4.69) is 179 Å². The van der Waals surface area contributed by atoms with Crippen LogP contribution in [0.25, 0.3) is 0 Å². The molecule has 6 unspecified atom stereocenters. The minimum Gasteiger partial charge on any atom is -0.479 e. The number of carbonyl (C=O) groups excluding carboxylic acids is 3. The van der Waals surface area contributed by atoms with E-state index in [-0.39, 0.29) is 25.9 Å². The summed E-state index contributed by atoms with van der Waals surface area (Å²) in [5, 5.41) is 31.6. The second-order valence-corrected chi connectivity index (χ2v) is 20.5. The highest BCUT2D eigenvalue weighted by Crippen LogP contribution is 2.26. The zero-order valence-electron chi connectivity index (χ0n) is 52.0. The van der Waals surface area contributed by atoms with Gasteiger partial charge in [0.05, 0.1) is 6.61 Å². The number of unbranched alkanes of at least 4 members (excludes halogenated alkanes) is 7. The molecule has 0 aromatic heterocycles. The molecule has 3 N–H and O–H groups in total. The Kier molecular flexibility index (Phi) is 52.6. The van der Waals surface area contributed by atoms with E-state index in [1.165, 1.54) is 0 Å². The van der Waals surface area contributed by atoms with Crippen LogP contribution in [0.15, 0.2) is 182 Å². The molecule has 0 amide bonds. The Hall–Kier alpha value is -6.18. The van der Waals surface area contributed by atoms with Gasteiger partial charge in [0.25, 0.3) is 0 Å². The second kappa shape index (κ2) is 58.2. The second-order valence-electron chi connectivity index (χ2n) is 20.5. The number of carbonyl (C=O) groups is 4. The zero-order valence-corrected chi connectivity index (χ0v) is 52.0. The quantitative estimate of drug-likeness (QED) is 0.0228. The smallest absolute Gasteiger partial charge is 0.335 e. The number of ether oxygens (including phenoxy) is 5. The van der Waals surface area contributed by atoms with Crippen molar-refractivity contribution < 1.29 is 58.2 Å². The molecule has 1 saturated heterocycles. The summed E-state index contributed by atoms with van der Waals surface area (Å²) in [4.78, 5) is 51.3. The monoisotopic (exact) mass is 1180 g/mol. The van der Waals surface area contributed by atoms with Crippen molar-refractivity contribution in [3.05, 3.63) is 182 Å². The van der Waals surface area contributed by atoms with E-state index in [0.29, 0.717) is 32.1 Å². The van der Waals surface area contributed by atoms with E-state index in [1.54, 1.807) is 0 Å². The number of hydrogen-bond donors (Lipinski definition) is 3. The van der Waals surface area contributed by atoms with Crippen LogP contribution in [0.5, 0.6) is 0 Å². The molecule has 1 heterocycles. The van der Waals surface area contributed by atoms with Gasteiger partial charge in [0.2, 0.25) is 0 Å². The maximum absolute atomic E-state index is 13.2. The number of aliphatic hydroxyl groups excluding tert-OH is 2. The summed E-state index contributed by atoms with van der Waals surface area (Å²) in [5.41, 5.74) is 0. The number of esters is 3. The third-order valence-electron chi connectivity index (χ3n) is 13.0. The molecule has 12 nitrogen and oxygen atoms in total. The molecule has 6 atom stereocenters. The molecule has 0 spiro atoms. The molecule has 0 aliphatic carbocycles. The van der Waals surface area contributed by atoms with Crippen molar-refractivity contribution in [2.75, 3.05) is 13.2 Å². The van der Waals surface area contributed by atoms with Crippen LogP contribution in [-0.2, 0) is 42.9 Å². The van der Waals surface area contributed by atoms with Gasteiger partial charge < -0.3 is 39.0 Å². The Bertz CT molecular complexity index is 2180. The Morgan fingerprint density at radius 1 is 0.388 bits per heavy atom. The molecule has 0 aromatic carbocycles. The van der Waals surface area contributed by atoms with E-state index >= 15 is 0 Å². The van der Waals surface area contributed by atoms with Gasteiger partial charge in [-0.05, 0) is 135 Å². The van der Waals surface area contributed by atoms with Crippen molar-refractivity contribution in [1.29, 1.82) is 0 Å². The van der Waals surface area contributed by atoms with Crippen molar-refractivity contribution in [2.24, 2.45) is 0 Å². The van der Waals surface area contributed by atoms with Crippen molar-refractivity contribution >= 4 is 23.9 Å². The minimum atomic E-state index is -1.95. The summed E-state index contributed by atoms with van der Waals surface area (Å²) < 4.78 is 28.3. The van der Waals surface area contributed by atoms with Gasteiger partial charge in [-0.2, -0.15) is 0 Å². The summed E-state index contributed by atoms with van der Waals surface area (Å²) in [6.07, 6.45) is 75.8.